The second-order valence-electron chi connectivity index (χ2n) is 5.12. The third-order valence-corrected chi connectivity index (χ3v) is 3.53. The summed E-state index contributed by atoms with van der Waals surface area (Å²) in [4.78, 5) is 12.3. The number of methoxy groups -OCH3 is 1. The molecule has 3 rings (SSSR count). The van der Waals surface area contributed by atoms with Crippen LogP contribution in [0.4, 0.5) is 0 Å². The lowest BCUT2D eigenvalue weighted by Gasteiger charge is -2.18. The maximum Gasteiger partial charge on any atom is 0.255 e. The number of hydrogen-bond donors (Lipinski definition) is 2. The number of aromatic nitrogens is 2. The van der Waals surface area contributed by atoms with E-state index in [4.69, 9.17) is 14.2 Å². The van der Waals surface area contributed by atoms with Gasteiger partial charge in [-0.05, 0) is 24.6 Å². The molecule has 2 N–H and O–H groups in total. The quantitative estimate of drug-likeness (QED) is 0.791. The Hall–Kier alpha value is -2.54. The van der Waals surface area contributed by atoms with Gasteiger partial charge in [-0.1, -0.05) is 0 Å². The Kier molecular flexibility index (Phi) is 4.77. The number of nitrogens with one attached hydrogen (secondary N) is 2. The van der Waals surface area contributed by atoms with Crippen molar-refractivity contribution in [1.82, 2.24) is 15.5 Å². The van der Waals surface area contributed by atoms with Gasteiger partial charge in [-0.25, -0.2) is 0 Å². The highest BCUT2D eigenvalue weighted by Gasteiger charge is 2.18. The largest absolute Gasteiger partial charge is 0.486 e. The van der Waals surface area contributed by atoms with Crippen molar-refractivity contribution in [2.24, 2.45) is 0 Å². The van der Waals surface area contributed by atoms with E-state index in [-0.39, 0.29) is 5.91 Å². The molecule has 1 aliphatic rings. The number of carbonyl (C=O) groups excluding carboxylic acids is 1. The highest BCUT2D eigenvalue weighted by atomic mass is 16.6. The van der Waals surface area contributed by atoms with Crippen molar-refractivity contribution >= 4 is 5.91 Å². The molecule has 0 spiro atoms. The summed E-state index contributed by atoms with van der Waals surface area (Å²) in [5.74, 6) is 1.22. The van der Waals surface area contributed by atoms with Crippen LogP contribution in [0.2, 0.25) is 0 Å². The monoisotopic (exact) mass is 317 g/mol. The lowest BCUT2D eigenvalue weighted by Crippen LogP contribution is -2.25. The molecule has 0 saturated heterocycles. The number of amides is 1. The van der Waals surface area contributed by atoms with Crippen molar-refractivity contribution in [3.63, 3.8) is 0 Å². The molecule has 1 aliphatic heterocycles. The van der Waals surface area contributed by atoms with Gasteiger partial charge in [0.05, 0.1) is 17.5 Å². The van der Waals surface area contributed by atoms with Crippen LogP contribution in [0.5, 0.6) is 11.5 Å². The zero-order valence-electron chi connectivity index (χ0n) is 12.9. The molecule has 1 aromatic carbocycles. The van der Waals surface area contributed by atoms with Gasteiger partial charge in [0.25, 0.3) is 5.91 Å². The number of hydrogen-bond acceptors (Lipinski definition) is 5. The van der Waals surface area contributed by atoms with Gasteiger partial charge in [0.2, 0.25) is 0 Å². The third kappa shape index (κ3) is 3.45. The molecule has 1 amide bonds. The Morgan fingerprint density at radius 3 is 3.00 bits per heavy atom. The average molecular weight is 317 g/mol. The first-order chi connectivity index (χ1) is 11.3. The van der Waals surface area contributed by atoms with E-state index in [9.17, 15) is 4.79 Å². The molecular weight excluding hydrogens is 298 g/mol. The van der Waals surface area contributed by atoms with Crippen LogP contribution in [0.3, 0.4) is 0 Å². The summed E-state index contributed by atoms with van der Waals surface area (Å²) in [5, 5.41) is 9.73. The summed E-state index contributed by atoms with van der Waals surface area (Å²) in [6, 6.07) is 5.57. The molecular formula is C16H19N3O4. The third-order valence-electron chi connectivity index (χ3n) is 3.53. The Morgan fingerprint density at radius 1 is 1.35 bits per heavy atom. The molecule has 23 heavy (non-hydrogen) atoms. The number of carbonyl (C=O) groups is 1. The van der Waals surface area contributed by atoms with Crippen molar-refractivity contribution in [3.05, 3.63) is 30.0 Å². The molecule has 0 radical (unpaired) electrons. The van der Waals surface area contributed by atoms with Crippen LogP contribution in [-0.2, 0) is 4.74 Å². The average Bonchev–Trinajstić information content (AvgIpc) is 3.08. The van der Waals surface area contributed by atoms with Gasteiger partial charge in [0.1, 0.15) is 13.2 Å². The van der Waals surface area contributed by atoms with Gasteiger partial charge >= 0.3 is 0 Å². The molecule has 0 bridgehead atoms. The number of ether oxygens (including phenoxy) is 3. The summed E-state index contributed by atoms with van der Waals surface area (Å²) < 4.78 is 16.1. The minimum absolute atomic E-state index is 0.167. The molecule has 1 aromatic heterocycles. The Morgan fingerprint density at radius 2 is 2.17 bits per heavy atom. The fourth-order valence-corrected chi connectivity index (χ4v) is 2.39. The fourth-order valence-electron chi connectivity index (χ4n) is 2.39. The number of rotatable bonds is 6. The van der Waals surface area contributed by atoms with Gasteiger partial charge in [0.15, 0.2) is 11.5 Å². The highest BCUT2D eigenvalue weighted by Crippen LogP contribution is 2.34. The molecule has 0 unspecified atom stereocenters. The molecule has 7 heteroatoms. The predicted octanol–water partition coefficient (Wildman–Crippen LogP) is 1.61. The van der Waals surface area contributed by atoms with E-state index in [1.165, 1.54) is 6.20 Å². The first-order valence-corrected chi connectivity index (χ1v) is 7.50. The number of aromatic amines is 1. The maximum absolute atomic E-state index is 12.3. The fraction of sp³-hybridized carbons (Fsp3) is 0.375. The zero-order chi connectivity index (χ0) is 16.1. The second kappa shape index (κ2) is 7.15. The topological polar surface area (TPSA) is 85.5 Å². The van der Waals surface area contributed by atoms with Crippen molar-refractivity contribution in [3.8, 4) is 22.8 Å². The molecule has 0 saturated carbocycles. The number of fused-ring (bicyclic) bond motifs is 1. The van der Waals surface area contributed by atoms with Crippen molar-refractivity contribution in [2.75, 3.05) is 33.5 Å². The van der Waals surface area contributed by atoms with E-state index >= 15 is 0 Å². The van der Waals surface area contributed by atoms with Gasteiger partial charge < -0.3 is 19.5 Å². The van der Waals surface area contributed by atoms with Gasteiger partial charge in [-0.2, -0.15) is 5.10 Å². The van der Waals surface area contributed by atoms with Crippen LogP contribution in [0.1, 0.15) is 16.8 Å². The highest BCUT2D eigenvalue weighted by molar-refractivity contribution is 5.99. The lowest BCUT2D eigenvalue weighted by atomic mass is 10.1. The molecule has 7 nitrogen and oxygen atoms in total. The predicted molar refractivity (Wildman–Crippen MR) is 83.8 cm³/mol. The molecule has 0 aliphatic carbocycles. The molecule has 122 valence electrons. The summed E-state index contributed by atoms with van der Waals surface area (Å²) in [5.41, 5.74) is 1.99. The van der Waals surface area contributed by atoms with Gasteiger partial charge in [0, 0.05) is 25.8 Å². The summed E-state index contributed by atoms with van der Waals surface area (Å²) in [6.45, 7) is 2.23. The van der Waals surface area contributed by atoms with E-state index in [1.807, 2.05) is 18.2 Å². The molecule has 0 fully saturated rings. The van der Waals surface area contributed by atoms with Crippen LogP contribution < -0.4 is 14.8 Å². The first-order valence-electron chi connectivity index (χ1n) is 7.50. The van der Waals surface area contributed by atoms with Crippen LogP contribution in [-0.4, -0.2) is 49.6 Å². The number of H-pyrrole nitrogens is 1. The normalized spacial score (nSPS) is 12.9. The van der Waals surface area contributed by atoms with E-state index < -0.39 is 0 Å². The summed E-state index contributed by atoms with van der Waals surface area (Å²) in [7, 11) is 1.64. The maximum atomic E-state index is 12.3. The van der Waals surface area contributed by atoms with Crippen LogP contribution in [0.15, 0.2) is 24.4 Å². The van der Waals surface area contributed by atoms with E-state index in [0.717, 1.165) is 12.0 Å². The van der Waals surface area contributed by atoms with E-state index in [0.29, 0.717) is 49.1 Å². The van der Waals surface area contributed by atoms with Crippen molar-refractivity contribution in [1.29, 1.82) is 0 Å². The van der Waals surface area contributed by atoms with Crippen molar-refractivity contribution in [2.45, 2.75) is 6.42 Å². The van der Waals surface area contributed by atoms with Crippen LogP contribution >= 0.6 is 0 Å². The smallest absolute Gasteiger partial charge is 0.255 e. The molecule has 2 aromatic rings. The van der Waals surface area contributed by atoms with Gasteiger partial charge in [-0.3, -0.25) is 9.89 Å². The SMILES string of the molecule is COCCCNC(=O)c1cn[nH]c1-c1ccc2c(c1)OCCO2. The van der Waals surface area contributed by atoms with Gasteiger partial charge in [-0.15, -0.1) is 0 Å². The first kappa shape index (κ1) is 15.4. The van der Waals surface area contributed by atoms with E-state index in [1.54, 1.807) is 7.11 Å². The van der Waals surface area contributed by atoms with E-state index in [2.05, 4.69) is 15.5 Å². The lowest BCUT2D eigenvalue weighted by molar-refractivity contribution is 0.0949. The standard InChI is InChI=1S/C16H19N3O4/c1-21-6-2-5-17-16(20)12-10-18-19-15(12)11-3-4-13-14(9-11)23-8-7-22-13/h3-4,9-10H,2,5-8H2,1H3,(H,17,20)(H,18,19). The van der Waals surface area contributed by atoms with Crippen molar-refractivity contribution < 1.29 is 19.0 Å². The van der Waals surface area contributed by atoms with Crippen LogP contribution in [0.25, 0.3) is 11.3 Å². The second-order valence-corrected chi connectivity index (χ2v) is 5.12. The van der Waals surface area contributed by atoms with Crippen LogP contribution in [0, 0.1) is 0 Å². The summed E-state index contributed by atoms with van der Waals surface area (Å²) >= 11 is 0. The minimum Gasteiger partial charge on any atom is -0.486 e. The summed E-state index contributed by atoms with van der Waals surface area (Å²) in [6.07, 6.45) is 2.29. The number of benzene rings is 1. The molecule has 0 atom stereocenters. The Bertz CT molecular complexity index is 684. The number of nitrogens with zero attached hydrogens (tertiary/aromatic N) is 1. The minimum atomic E-state index is -0.167. The Labute approximate surface area is 133 Å². The molecule has 2 heterocycles. The Balaban J connectivity index is 1.76. The zero-order valence-corrected chi connectivity index (χ0v) is 12.9.